The van der Waals surface area contributed by atoms with E-state index in [0.29, 0.717) is 31.6 Å². The highest BCUT2D eigenvalue weighted by Crippen LogP contribution is 2.25. The molecule has 3 aromatic rings. The van der Waals surface area contributed by atoms with E-state index < -0.39 is 0 Å². The molecule has 184 valence electrons. The van der Waals surface area contributed by atoms with Gasteiger partial charge in [0.1, 0.15) is 17.6 Å². The molecule has 1 aliphatic heterocycles. The van der Waals surface area contributed by atoms with E-state index in [-0.39, 0.29) is 18.4 Å². The van der Waals surface area contributed by atoms with Crippen LogP contribution in [-0.2, 0) is 25.5 Å². The first kappa shape index (κ1) is 24.7. The maximum Gasteiger partial charge on any atom is 0.305 e. The number of unbranched alkanes of at least 4 members (excludes halogenated alkanes) is 1. The van der Waals surface area contributed by atoms with Gasteiger partial charge >= 0.3 is 5.97 Å². The number of imidazole rings is 1. The number of esters is 1. The first-order valence-corrected chi connectivity index (χ1v) is 12.0. The Hall–Kier alpha value is -3.41. The predicted molar refractivity (Wildman–Crippen MR) is 129 cm³/mol. The molecule has 2 atom stereocenters. The molecule has 4 rings (SSSR count). The molecule has 0 aliphatic carbocycles. The van der Waals surface area contributed by atoms with Crippen LogP contribution in [0.1, 0.15) is 68.6 Å². The van der Waals surface area contributed by atoms with Crippen molar-refractivity contribution in [3.8, 4) is 23.2 Å². The predicted octanol–water partition coefficient (Wildman–Crippen LogP) is 4.89. The largest absolute Gasteiger partial charge is 0.469 e. The van der Waals surface area contributed by atoms with Crippen molar-refractivity contribution >= 4 is 5.97 Å². The summed E-state index contributed by atoms with van der Waals surface area (Å²) in [5, 5.41) is 4.24. The Kier molecular flexibility index (Phi) is 8.71. The van der Waals surface area contributed by atoms with Crippen molar-refractivity contribution in [2.24, 2.45) is 0 Å². The molecule has 2 aromatic heterocycles. The monoisotopic (exact) mass is 477 g/mol. The van der Waals surface area contributed by atoms with Crippen LogP contribution in [0.3, 0.4) is 0 Å². The maximum absolute atomic E-state index is 11.1. The summed E-state index contributed by atoms with van der Waals surface area (Å²) in [7, 11) is 1.39. The van der Waals surface area contributed by atoms with E-state index in [1.807, 2.05) is 48.0 Å². The highest BCUT2D eigenvalue weighted by atomic mass is 16.7. The highest BCUT2D eigenvalue weighted by Gasteiger charge is 2.21. The van der Waals surface area contributed by atoms with Gasteiger partial charge in [-0.3, -0.25) is 4.79 Å². The van der Waals surface area contributed by atoms with E-state index in [1.165, 1.54) is 7.11 Å². The Morgan fingerprint density at radius 3 is 2.91 bits per heavy atom. The lowest BCUT2D eigenvalue weighted by Gasteiger charge is -2.26. The van der Waals surface area contributed by atoms with Gasteiger partial charge in [-0.05, 0) is 56.9 Å². The van der Waals surface area contributed by atoms with Crippen molar-refractivity contribution in [1.82, 2.24) is 14.7 Å². The second kappa shape index (κ2) is 12.3. The van der Waals surface area contributed by atoms with Crippen molar-refractivity contribution in [3.05, 3.63) is 59.8 Å². The van der Waals surface area contributed by atoms with Crippen LogP contribution in [0.5, 0.6) is 0 Å². The first-order valence-electron chi connectivity index (χ1n) is 12.0. The smallest absolute Gasteiger partial charge is 0.305 e. The fourth-order valence-corrected chi connectivity index (χ4v) is 3.92. The lowest BCUT2D eigenvalue weighted by atomic mass is 10.1. The van der Waals surface area contributed by atoms with Crippen LogP contribution in [0.2, 0.25) is 0 Å². The summed E-state index contributed by atoms with van der Waals surface area (Å²) >= 11 is 0. The summed E-state index contributed by atoms with van der Waals surface area (Å²) in [6.45, 7) is 3.28. The molecule has 0 saturated carbocycles. The molecule has 1 unspecified atom stereocenters. The average molecular weight is 478 g/mol. The zero-order chi connectivity index (χ0) is 24.5. The summed E-state index contributed by atoms with van der Waals surface area (Å²) in [4.78, 5) is 15.6. The summed E-state index contributed by atoms with van der Waals surface area (Å²) in [5.74, 6) is 7.53. The minimum Gasteiger partial charge on any atom is -0.469 e. The van der Waals surface area contributed by atoms with Crippen molar-refractivity contribution in [3.63, 3.8) is 0 Å². The normalized spacial score (nSPS) is 16.3. The van der Waals surface area contributed by atoms with Gasteiger partial charge in [0.2, 0.25) is 0 Å². The van der Waals surface area contributed by atoms with Crippen LogP contribution in [0, 0.1) is 11.8 Å². The molecule has 1 aliphatic rings. The number of nitrogens with zero attached hydrogens (tertiary/aromatic N) is 3. The number of ether oxygens (including phenoxy) is 3. The molecular formula is C27H31N3O5. The number of aromatic nitrogens is 3. The maximum atomic E-state index is 11.1. The minimum absolute atomic E-state index is 0.171. The Morgan fingerprint density at radius 2 is 2.14 bits per heavy atom. The molecular weight excluding hydrogens is 446 g/mol. The molecule has 1 fully saturated rings. The van der Waals surface area contributed by atoms with Gasteiger partial charge in [0.25, 0.3) is 0 Å². The molecule has 0 bridgehead atoms. The second-order valence-electron chi connectivity index (χ2n) is 8.48. The van der Waals surface area contributed by atoms with E-state index in [1.54, 1.807) is 6.20 Å². The third-order valence-corrected chi connectivity index (χ3v) is 5.81. The standard InChI is InChI=1S/C27H31N3O5/c1-20(34-26-10-6-7-17-33-26)27-28-15-16-30(27)19-23-18-24(35-29-23)22-13-11-21(12-14-22)8-4-3-5-9-25(31)32-2/h11-16,18,20,26H,3,5-7,9-10,17,19H2,1-2H3/t20-,26?/m0/s1. The number of hydrogen-bond acceptors (Lipinski definition) is 7. The van der Waals surface area contributed by atoms with E-state index in [4.69, 9.17) is 14.0 Å². The summed E-state index contributed by atoms with van der Waals surface area (Å²) in [6, 6.07) is 9.76. The lowest BCUT2D eigenvalue weighted by molar-refractivity contribution is -0.188. The number of carbonyl (C=O) groups is 1. The SMILES string of the molecule is COC(=O)CCCC#Cc1ccc(-c2cc(Cn3ccnc3[C@H](C)OC3CCCCO3)no2)cc1. The fraction of sp³-hybridized carbons (Fsp3) is 0.444. The molecule has 0 amide bonds. The Morgan fingerprint density at radius 1 is 1.29 bits per heavy atom. The molecule has 1 saturated heterocycles. The first-order chi connectivity index (χ1) is 17.1. The zero-order valence-electron chi connectivity index (χ0n) is 20.2. The molecule has 0 radical (unpaired) electrons. The number of benzene rings is 1. The Bertz CT molecular complexity index is 1150. The van der Waals surface area contributed by atoms with Gasteiger partial charge in [-0.25, -0.2) is 4.98 Å². The van der Waals surface area contributed by atoms with Gasteiger partial charge in [-0.1, -0.05) is 17.0 Å². The van der Waals surface area contributed by atoms with Gasteiger partial charge in [-0.15, -0.1) is 0 Å². The van der Waals surface area contributed by atoms with E-state index >= 15 is 0 Å². The zero-order valence-corrected chi connectivity index (χ0v) is 20.2. The molecule has 1 aromatic carbocycles. The Balaban J connectivity index is 1.33. The Labute approximate surface area is 205 Å². The van der Waals surface area contributed by atoms with E-state index in [9.17, 15) is 4.79 Å². The van der Waals surface area contributed by atoms with E-state index in [0.717, 1.165) is 48.5 Å². The number of rotatable bonds is 9. The summed E-state index contributed by atoms with van der Waals surface area (Å²) in [5.41, 5.74) is 2.64. The third-order valence-electron chi connectivity index (χ3n) is 5.81. The van der Waals surface area contributed by atoms with Crippen LogP contribution in [-0.4, -0.2) is 40.7 Å². The molecule has 0 N–H and O–H groups in total. The molecule has 8 heteroatoms. The van der Waals surface area contributed by atoms with Gasteiger partial charge in [0, 0.05) is 49.0 Å². The van der Waals surface area contributed by atoms with Gasteiger partial charge in [0.05, 0.1) is 13.7 Å². The number of hydrogen-bond donors (Lipinski definition) is 0. The number of carbonyl (C=O) groups excluding carboxylic acids is 1. The highest BCUT2D eigenvalue weighted by molar-refractivity contribution is 5.69. The van der Waals surface area contributed by atoms with E-state index in [2.05, 4.69) is 26.7 Å². The van der Waals surface area contributed by atoms with Crippen LogP contribution in [0.25, 0.3) is 11.3 Å². The van der Waals surface area contributed by atoms with Crippen LogP contribution >= 0.6 is 0 Å². The summed E-state index contributed by atoms with van der Waals surface area (Å²) in [6.07, 6.45) is 8.19. The van der Waals surface area contributed by atoms with Gasteiger partial charge in [-0.2, -0.15) is 0 Å². The van der Waals surface area contributed by atoms with Crippen molar-refractivity contribution < 1.29 is 23.5 Å². The topological polar surface area (TPSA) is 88.6 Å². The van der Waals surface area contributed by atoms with Crippen LogP contribution < -0.4 is 0 Å². The number of methoxy groups -OCH3 is 1. The quantitative estimate of drug-likeness (QED) is 0.246. The molecule has 0 spiro atoms. The van der Waals surface area contributed by atoms with Crippen molar-refractivity contribution in [1.29, 1.82) is 0 Å². The lowest BCUT2D eigenvalue weighted by Crippen LogP contribution is -2.24. The second-order valence-corrected chi connectivity index (χ2v) is 8.48. The minimum atomic E-state index is -0.205. The molecule has 35 heavy (non-hydrogen) atoms. The molecule has 8 nitrogen and oxygen atoms in total. The van der Waals surface area contributed by atoms with Crippen LogP contribution in [0.15, 0.2) is 47.2 Å². The van der Waals surface area contributed by atoms with Crippen molar-refractivity contribution in [2.75, 3.05) is 13.7 Å². The van der Waals surface area contributed by atoms with Crippen molar-refractivity contribution in [2.45, 2.75) is 64.4 Å². The fourth-order valence-electron chi connectivity index (χ4n) is 3.92. The van der Waals surface area contributed by atoms with Gasteiger partial charge in [0.15, 0.2) is 12.1 Å². The van der Waals surface area contributed by atoms with Gasteiger partial charge < -0.3 is 23.3 Å². The molecule has 3 heterocycles. The average Bonchev–Trinajstić information content (AvgIpc) is 3.55. The summed E-state index contributed by atoms with van der Waals surface area (Å²) < 4.78 is 24.0. The van der Waals surface area contributed by atoms with Crippen LogP contribution in [0.4, 0.5) is 0 Å². The third kappa shape index (κ3) is 7.04.